The van der Waals surface area contributed by atoms with Crippen molar-refractivity contribution in [2.24, 2.45) is 0 Å². The second-order valence-electron chi connectivity index (χ2n) is 7.00. The van der Waals surface area contributed by atoms with Gasteiger partial charge in [0.05, 0.1) is 0 Å². The van der Waals surface area contributed by atoms with Crippen molar-refractivity contribution < 1.29 is 0 Å². The molecule has 2 heterocycles. The number of aromatic nitrogens is 4. The van der Waals surface area contributed by atoms with Gasteiger partial charge in [-0.15, -0.1) is 0 Å². The minimum Gasteiger partial charge on any atom is -0.216 e. The first-order valence-corrected chi connectivity index (χ1v) is 9.97. The van der Waals surface area contributed by atoms with Gasteiger partial charge in [-0.25, -0.2) is 9.50 Å². The predicted octanol–water partition coefficient (Wildman–Crippen LogP) is 5.68. The van der Waals surface area contributed by atoms with Crippen molar-refractivity contribution in [1.82, 2.24) is 19.6 Å². The van der Waals surface area contributed by atoms with Crippen LogP contribution in [0, 0.1) is 6.92 Å². The van der Waals surface area contributed by atoms with Gasteiger partial charge in [0, 0.05) is 11.4 Å². The highest BCUT2D eigenvalue weighted by Gasteiger charge is 2.05. The Labute approximate surface area is 147 Å². The minimum atomic E-state index is 0.726. The summed E-state index contributed by atoms with van der Waals surface area (Å²) in [4.78, 5) is 8.59. The van der Waals surface area contributed by atoms with Crippen LogP contribution in [0.25, 0.3) is 5.78 Å². The summed E-state index contributed by atoms with van der Waals surface area (Å²) >= 11 is 0. The Hall–Kier alpha value is -1.45. The van der Waals surface area contributed by atoms with Crippen LogP contribution in [0.15, 0.2) is 12.4 Å². The molecule has 134 valence electrons. The number of nitrogens with zero attached hydrogens (tertiary/aromatic N) is 4. The van der Waals surface area contributed by atoms with E-state index in [9.17, 15) is 0 Å². The molecule has 0 fully saturated rings. The SMILES string of the molecule is CCCCCCCCCCCCCCc1cc(C)nc2ncnn12. The summed E-state index contributed by atoms with van der Waals surface area (Å²) in [6.45, 7) is 4.31. The molecular weight excluding hydrogens is 296 g/mol. The van der Waals surface area contributed by atoms with E-state index in [4.69, 9.17) is 0 Å². The van der Waals surface area contributed by atoms with Crippen molar-refractivity contribution in [2.45, 2.75) is 97.3 Å². The van der Waals surface area contributed by atoms with Crippen LogP contribution in [-0.2, 0) is 6.42 Å². The molecule has 0 aliphatic carbocycles. The Bertz CT molecular complexity index is 576. The third-order valence-electron chi connectivity index (χ3n) is 4.74. The third-order valence-corrected chi connectivity index (χ3v) is 4.74. The first kappa shape index (κ1) is 18.9. The maximum absolute atomic E-state index is 4.40. The van der Waals surface area contributed by atoms with Crippen LogP contribution in [0.5, 0.6) is 0 Å². The van der Waals surface area contributed by atoms with Crippen molar-refractivity contribution >= 4 is 5.78 Å². The number of hydrogen-bond donors (Lipinski definition) is 0. The maximum atomic E-state index is 4.40. The molecular formula is C20H34N4. The summed E-state index contributed by atoms with van der Waals surface area (Å²) in [6.07, 6.45) is 19.3. The van der Waals surface area contributed by atoms with Gasteiger partial charge in [-0.1, -0.05) is 77.6 Å². The van der Waals surface area contributed by atoms with Crippen LogP contribution in [-0.4, -0.2) is 19.6 Å². The van der Waals surface area contributed by atoms with Crippen molar-refractivity contribution in [1.29, 1.82) is 0 Å². The lowest BCUT2D eigenvalue weighted by molar-refractivity contribution is 0.542. The molecule has 2 rings (SSSR count). The molecule has 4 nitrogen and oxygen atoms in total. The Morgan fingerprint density at radius 1 is 0.833 bits per heavy atom. The van der Waals surface area contributed by atoms with Gasteiger partial charge in [-0.3, -0.25) is 0 Å². The van der Waals surface area contributed by atoms with E-state index in [1.165, 1.54) is 82.7 Å². The van der Waals surface area contributed by atoms with E-state index in [2.05, 4.69) is 28.1 Å². The first-order chi connectivity index (χ1) is 11.8. The van der Waals surface area contributed by atoms with Crippen molar-refractivity contribution in [3.8, 4) is 0 Å². The molecule has 0 aliphatic rings. The number of fused-ring (bicyclic) bond motifs is 1. The number of aryl methyl sites for hydroxylation is 2. The molecule has 0 radical (unpaired) electrons. The normalized spacial score (nSPS) is 11.4. The Balaban J connectivity index is 1.50. The molecule has 0 saturated carbocycles. The molecule has 0 N–H and O–H groups in total. The summed E-state index contributed by atoms with van der Waals surface area (Å²) in [5, 5.41) is 4.28. The lowest BCUT2D eigenvalue weighted by Crippen LogP contribution is -2.02. The maximum Gasteiger partial charge on any atom is 0.252 e. The largest absolute Gasteiger partial charge is 0.252 e. The minimum absolute atomic E-state index is 0.726. The summed E-state index contributed by atoms with van der Waals surface area (Å²) in [5.41, 5.74) is 2.27. The van der Waals surface area contributed by atoms with E-state index >= 15 is 0 Å². The van der Waals surface area contributed by atoms with Gasteiger partial charge in [-0.2, -0.15) is 10.1 Å². The van der Waals surface area contributed by atoms with Gasteiger partial charge < -0.3 is 0 Å². The van der Waals surface area contributed by atoms with Crippen LogP contribution >= 0.6 is 0 Å². The number of unbranched alkanes of at least 4 members (excludes halogenated alkanes) is 11. The van der Waals surface area contributed by atoms with E-state index in [1.54, 1.807) is 6.33 Å². The van der Waals surface area contributed by atoms with Gasteiger partial charge >= 0.3 is 0 Å². The quantitative estimate of drug-likeness (QED) is 0.444. The lowest BCUT2D eigenvalue weighted by Gasteiger charge is -2.05. The second kappa shape index (κ2) is 11.2. The summed E-state index contributed by atoms with van der Waals surface area (Å²) in [5.74, 6) is 0.726. The molecule has 0 unspecified atom stereocenters. The van der Waals surface area contributed by atoms with Crippen molar-refractivity contribution in [2.75, 3.05) is 0 Å². The highest BCUT2D eigenvalue weighted by atomic mass is 15.3. The molecule has 2 aromatic rings. The van der Waals surface area contributed by atoms with Crippen LogP contribution < -0.4 is 0 Å². The second-order valence-corrected chi connectivity index (χ2v) is 7.00. The molecule has 0 aromatic carbocycles. The molecule has 0 spiro atoms. The third kappa shape index (κ3) is 6.58. The predicted molar refractivity (Wildman–Crippen MR) is 100 cm³/mol. The van der Waals surface area contributed by atoms with Crippen LogP contribution in [0.1, 0.15) is 95.4 Å². The highest BCUT2D eigenvalue weighted by molar-refractivity contribution is 5.29. The molecule has 0 saturated heterocycles. The van der Waals surface area contributed by atoms with E-state index < -0.39 is 0 Å². The molecule has 0 bridgehead atoms. The molecule has 0 aliphatic heterocycles. The molecule has 24 heavy (non-hydrogen) atoms. The molecule has 4 heteroatoms. The zero-order valence-electron chi connectivity index (χ0n) is 15.6. The average molecular weight is 331 g/mol. The standard InChI is InChI=1S/C20H34N4/c1-3-4-5-6-7-8-9-10-11-12-13-14-15-19-16-18(2)23-20-21-17-22-24(19)20/h16-17H,3-15H2,1-2H3. The molecule has 0 amide bonds. The Morgan fingerprint density at radius 2 is 1.42 bits per heavy atom. The van der Waals surface area contributed by atoms with Gasteiger partial charge in [-0.05, 0) is 25.8 Å². The van der Waals surface area contributed by atoms with Crippen molar-refractivity contribution in [3.63, 3.8) is 0 Å². The van der Waals surface area contributed by atoms with Gasteiger partial charge in [0.1, 0.15) is 6.33 Å². The zero-order valence-corrected chi connectivity index (χ0v) is 15.6. The zero-order chi connectivity index (χ0) is 17.0. The van der Waals surface area contributed by atoms with Gasteiger partial charge in [0.2, 0.25) is 0 Å². The molecule has 2 aromatic heterocycles. The number of hydrogen-bond acceptors (Lipinski definition) is 3. The van der Waals surface area contributed by atoms with Gasteiger partial charge in [0.15, 0.2) is 0 Å². The van der Waals surface area contributed by atoms with E-state index in [1.807, 2.05) is 11.4 Å². The highest BCUT2D eigenvalue weighted by Crippen LogP contribution is 2.14. The van der Waals surface area contributed by atoms with E-state index in [0.717, 1.165) is 17.9 Å². The Morgan fingerprint density at radius 3 is 2.04 bits per heavy atom. The fraction of sp³-hybridized carbons (Fsp3) is 0.750. The van der Waals surface area contributed by atoms with Crippen LogP contribution in [0.2, 0.25) is 0 Å². The smallest absolute Gasteiger partial charge is 0.216 e. The number of rotatable bonds is 13. The fourth-order valence-corrected chi connectivity index (χ4v) is 3.33. The van der Waals surface area contributed by atoms with E-state index in [-0.39, 0.29) is 0 Å². The molecule has 0 atom stereocenters. The van der Waals surface area contributed by atoms with E-state index in [0.29, 0.717) is 0 Å². The summed E-state index contributed by atoms with van der Waals surface area (Å²) in [6, 6.07) is 2.14. The average Bonchev–Trinajstić information content (AvgIpc) is 3.04. The van der Waals surface area contributed by atoms with Crippen molar-refractivity contribution in [3.05, 3.63) is 23.8 Å². The van der Waals surface area contributed by atoms with Crippen LogP contribution in [0.3, 0.4) is 0 Å². The monoisotopic (exact) mass is 330 g/mol. The summed E-state index contributed by atoms with van der Waals surface area (Å²) < 4.78 is 1.88. The first-order valence-electron chi connectivity index (χ1n) is 9.97. The lowest BCUT2D eigenvalue weighted by atomic mass is 10.0. The van der Waals surface area contributed by atoms with Gasteiger partial charge in [0.25, 0.3) is 5.78 Å². The Kier molecular flexibility index (Phi) is 8.78. The topological polar surface area (TPSA) is 43.1 Å². The fourth-order valence-electron chi connectivity index (χ4n) is 3.33. The summed E-state index contributed by atoms with van der Waals surface area (Å²) in [7, 11) is 0. The van der Waals surface area contributed by atoms with Crippen LogP contribution in [0.4, 0.5) is 0 Å².